The van der Waals surface area contributed by atoms with Crippen molar-refractivity contribution in [2.75, 3.05) is 12.8 Å². The fraction of sp³-hybridized carbons (Fsp3) is 0.200. The summed E-state index contributed by atoms with van der Waals surface area (Å²) in [4.78, 5) is 21.8. The number of hydrogen-bond acceptors (Lipinski definition) is 4. The Morgan fingerprint density at radius 2 is 2.13 bits per heavy atom. The van der Waals surface area contributed by atoms with Gasteiger partial charge in [0.2, 0.25) is 0 Å². The maximum Gasteiger partial charge on any atom is 0.311 e. The zero-order valence-electron chi connectivity index (χ0n) is 8.19. The molecule has 1 aromatic rings. The standard InChI is InChI=1S/C10H11NO4/c1-15-8-4-2-3-6(10(8)11)7(12)5-9(13)14/h2-4H,5,11H2,1H3,(H,13,14). The van der Waals surface area contributed by atoms with Gasteiger partial charge in [-0.2, -0.15) is 0 Å². The van der Waals surface area contributed by atoms with Gasteiger partial charge in [0.05, 0.1) is 12.8 Å². The van der Waals surface area contributed by atoms with Crippen molar-refractivity contribution in [3.8, 4) is 5.75 Å². The summed E-state index contributed by atoms with van der Waals surface area (Å²) in [5.74, 6) is -1.34. The van der Waals surface area contributed by atoms with Gasteiger partial charge in [-0.25, -0.2) is 0 Å². The summed E-state index contributed by atoms with van der Waals surface area (Å²) >= 11 is 0. The number of Topliss-reactive ketones (excluding diaryl/α,β-unsaturated/α-hetero) is 1. The van der Waals surface area contributed by atoms with Crippen LogP contribution in [-0.2, 0) is 4.79 Å². The highest BCUT2D eigenvalue weighted by molar-refractivity contribution is 6.09. The smallest absolute Gasteiger partial charge is 0.311 e. The van der Waals surface area contributed by atoms with Crippen LogP contribution in [-0.4, -0.2) is 24.0 Å². The Morgan fingerprint density at radius 3 is 2.67 bits per heavy atom. The number of rotatable bonds is 4. The first-order chi connectivity index (χ1) is 7.06. The van der Waals surface area contributed by atoms with Crippen LogP contribution >= 0.6 is 0 Å². The molecule has 0 aliphatic carbocycles. The number of nitrogens with two attached hydrogens (primary N) is 1. The Balaban J connectivity index is 3.04. The van der Waals surface area contributed by atoms with Gasteiger partial charge >= 0.3 is 5.97 Å². The molecule has 1 rings (SSSR count). The molecular formula is C10H11NO4. The third kappa shape index (κ3) is 2.46. The van der Waals surface area contributed by atoms with E-state index in [2.05, 4.69) is 0 Å². The topological polar surface area (TPSA) is 89.6 Å². The molecule has 0 aromatic heterocycles. The number of para-hydroxylation sites is 1. The lowest BCUT2D eigenvalue weighted by atomic mass is 10.1. The van der Waals surface area contributed by atoms with Crippen LogP contribution in [0.25, 0.3) is 0 Å². The Morgan fingerprint density at radius 1 is 1.47 bits per heavy atom. The van der Waals surface area contributed by atoms with Crippen LogP contribution in [0.2, 0.25) is 0 Å². The Bertz CT molecular complexity index is 400. The summed E-state index contributed by atoms with van der Waals surface area (Å²) in [6.45, 7) is 0. The molecule has 5 nitrogen and oxygen atoms in total. The maximum absolute atomic E-state index is 11.4. The lowest BCUT2D eigenvalue weighted by molar-refractivity contribution is -0.135. The molecule has 80 valence electrons. The normalized spacial score (nSPS) is 9.67. The van der Waals surface area contributed by atoms with Gasteiger partial charge in [0.15, 0.2) is 5.78 Å². The molecule has 5 heteroatoms. The zero-order valence-corrected chi connectivity index (χ0v) is 8.19. The number of nitrogen functional groups attached to an aromatic ring is 1. The van der Waals surface area contributed by atoms with Gasteiger partial charge in [0.25, 0.3) is 0 Å². The molecule has 0 atom stereocenters. The molecule has 0 fully saturated rings. The number of anilines is 1. The monoisotopic (exact) mass is 209 g/mol. The van der Waals surface area contributed by atoms with Gasteiger partial charge in [-0.1, -0.05) is 6.07 Å². The van der Waals surface area contributed by atoms with Gasteiger partial charge in [-0.15, -0.1) is 0 Å². The number of carbonyl (C=O) groups excluding carboxylic acids is 1. The van der Waals surface area contributed by atoms with Crippen molar-refractivity contribution in [2.45, 2.75) is 6.42 Å². The van der Waals surface area contributed by atoms with Gasteiger partial charge in [0.1, 0.15) is 12.2 Å². The Hall–Kier alpha value is -2.04. The van der Waals surface area contributed by atoms with E-state index >= 15 is 0 Å². The van der Waals surface area contributed by atoms with Crippen molar-refractivity contribution in [3.63, 3.8) is 0 Å². The molecule has 0 saturated heterocycles. The molecule has 15 heavy (non-hydrogen) atoms. The quantitative estimate of drug-likeness (QED) is 0.437. The minimum atomic E-state index is -1.18. The number of carboxylic acid groups (broad SMARTS) is 1. The molecule has 0 aliphatic rings. The van der Waals surface area contributed by atoms with Crippen LogP contribution in [0.15, 0.2) is 18.2 Å². The van der Waals surface area contributed by atoms with Crippen molar-refractivity contribution in [1.82, 2.24) is 0 Å². The van der Waals surface area contributed by atoms with E-state index in [4.69, 9.17) is 15.6 Å². The number of aliphatic carboxylic acids is 1. The first kappa shape index (κ1) is 11.0. The van der Waals surface area contributed by atoms with Crippen LogP contribution in [0, 0.1) is 0 Å². The molecule has 3 N–H and O–H groups in total. The van der Waals surface area contributed by atoms with Crippen LogP contribution < -0.4 is 10.5 Å². The lowest BCUT2D eigenvalue weighted by Gasteiger charge is -2.07. The minimum Gasteiger partial charge on any atom is -0.495 e. The maximum atomic E-state index is 11.4. The number of carbonyl (C=O) groups is 2. The highest BCUT2D eigenvalue weighted by atomic mass is 16.5. The molecule has 0 amide bonds. The van der Waals surface area contributed by atoms with Crippen LogP contribution in [0.5, 0.6) is 5.75 Å². The average Bonchev–Trinajstić information content (AvgIpc) is 2.17. The molecule has 0 saturated carbocycles. The molecule has 0 radical (unpaired) electrons. The van der Waals surface area contributed by atoms with Crippen molar-refractivity contribution in [3.05, 3.63) is 23.8 Å². The van der Waals surface area contributed by atoms with Crippen molar-refractivity contribution in [1.29, 1.82) is 0 Å². The molecule has 0 bridgehead atoms. The molecule has 0 aliphatic heterocycles. The van der Waals surface area contributed by atoms with Gasteiger partial charge < -0.3 is 15.6 Å². The molecule has 0 spiro atoms. The first-order valence-corrected chi connectivity index (χ1v) is 4.23. The summed E-state index contributed by atoms with van der Waals surface area (Å²) in [6.07, 6.45) is -0.572. The van der Waals surface area contributed by atoms with E-state index in [9.17, 15) is 9.59 Å². The minimum absolute atomic E-state index is 0.172. The number of methoxy groups -OCH3 is 1. The third-order valence-electron chi connectivity index (χ3n) is 1.90. The van der Waals surface area contributed by atoms with E-state index in [0.29, 0.717) is 5.75 Å². The number of benzene rings is 1. The van der Waals surface area contributed by atoms with E-state index in [0.717, 1.165) is 0 Å². The summed E-state index contributed by atoms with van der Waals surface area (Å²) < 4.78 is 4.92. The Labute approximate surface area is 86.5 Å². The zero-order chi connectivity index (χ0) is 11.4. The second-order valence-electron chi connectivity index (χ2n) is 2.92. The summed E-state index contributed by atoms with van der Waals surface area (Å²) in [5.41, 5.74) is 5.98. The van der Waals surface area contributed by atoms with Crippen LogP contribution in [0.4, 0.5) is 5.69 Å². The predicted octanol–water partition coefficient (Wildman–Crippen LogP) is 0.935. The van der Waals surface area contributed by atoms with E-state index < -0.39 is 18.2 Å². The van der Waals surface area contributed by atoms with Gasteiger partial charge in [-0.05, 0) is 12.1 Å². The largest absolute Gasteiger partial charge is 0.495 e. The lowest BCUT2D eigenvalue weighted by Crippen LogP contribution is -2.10. The highest BCUT2D eigenvalue weighted by Crippen LogP contribution is 2.25. The molecule has 0 heterocycles. The predicted molar refractivity (Wildman–Crippen MR) is 54.0 cm³/mol. The van der Waals surface area contributed by atoms with Crippen LogP contribution in [0.1, 0.15) is 16.8 Å². The van der Waals surface area contributed by atoms with Crippen LogP contribution in [0.3, 0.4) is 0 Å². The van der Waals surface area contributed by atoms with Crippen molar-refractivity contribution < 1.29 is 19.4 Å². The van der Waals surface area contributed by atoms with E-state index in [1.54, 1.807) is 12.1 Å². The molecule has 1 aromatic carbocycles. The molecule has 0 unspecified atom stereocenters. The fourth-order valence-corrected chi connectivity index (χ4v) is 1.20. The van der Waals surface area contributed by atoms with E-state index in [1.807, 2.05) is 0 Å². The fourth-order valence-electron chi connectivity index (χ4n) is 1.20. The number of hydrogen-bond donors (Lipinski definition) is 2. The first-order valence-electron chi connectivity index (χ1n) is 4.23. The highest BCUT2D eigenvalue weighted by Gasteiger charge is 2.15. The second kappa shape index (κ2) is 4.45. The van der Waals surface area contributed by atoms with Crippen molar-refractivity contribution in [2.24, 2.45) is 0 Å². The third-order valence-corrected chi connectivity index (χ3v) is 1.90. The van der Waals surface area contributed by atoms with Gasteiger partial charge in [-0.3, -0.25) is 9.59 Å². The van der Waals surface area contributed by atoms with Crippen molar-refractivity contribution >= 4 is 17.4 Å². The number of ether oxygens (including phenoxy) is 1. The van der Waals surface area contributed by atoms with E-state index in [1.165, 1.54) is 13.2 Å². The number of ketones is 1. The summed E-state index contributed by atoms with van der Waals surface area (Å²) in [6, 6.07) is 4.67. The average molecular weight is 209 g/mol. The SMILES string of the molecule is COc1cccc(C(=O)CC(=O)O)c1N. The molecular weight excluding hydrogens is 198 g/mol. The summed E-state index contributed by atoms with van der Waals surface area (Å²) in [7, 11) is 1.43. The Kier molecular flexibility index (Phi) is 3.28. The second-order valence-corrected chi connectivity index (χ2v) is 2.92. The van der Waals surface area contributed by atoms with E-state index in [-0.39, 0.29) is 11.3 Å². The van der Waals surface area contributed by atoms with Gasteiger partial charge in [0, 0.05) is 5.56 Å². The number of carboxylic acids is 1. The summed E-state index contributed by atoms with van der Waals surface area (Å²) in [5, 5.41) is 8.47.